The van der Waals surface area contributed by atoms with E-state index in [2.05, 4.69) is 44.0 Å². The van der Waals surface area contributed by atoms with Crippen molar-refractivity contribution in [3.05, 3.63) is 48.0 Å². The molecular weight excluding hydrogens is 337 g/mol. The van der Waals surface area contributed by atoms with Crippen molar-refractivity contribution in [1.82, 2.24) is 0 Å². The number of rotatable bonds is 10. The highest BCUT2D eigenvalue weighted by Gasteiger charge is 2.36. The number of carboxylic acids is 1. The molecule has 2 rings (SSSR count). The van der Waals surface area contributed by atoms with Crippen LogP contribution in [-0.4, -0.2) is 24.7 Å². The van der Waals surface area contributed by atoms with Gasteiger partial charge < -0.3 is 9.63 Å². The highest BCUT2D eigenvalue weighted by Crippen LogP contribution is 2.44. The Morgan fingerprint density at radius 3 is 2.83 bits per heavy atom. The first kappa shape index (κ1) is 19.6. The van der Waals surface area contributed by atoms with Crippen LogP contribution >= 0.6 is 16.6 Å². The summed E-state index contributed by atoms with van der Waals surface area (Å²) in [4.78, 5) is 11.1. The molecule has 6 heteroatoms. The van der Waals surface area contributed by atoms with E-state index < -0.39 is 5.97 Å². The van der Waals surface area contributed by atoms with Crippen LogP contribution in [0.5, 0.6) is 0 Å². The minimum atomic E-state index is -0.692. The molecule has 1 N–H and O–H groups in total. The number of benzene rings is 1. The molecule has 0 spiro atoms. The fraction of sp³-hybridized carbons (Fsp3) is 0.500. The largest absolute Gasteiger partial charge is 0.481 e. The smallest absolute Gasteiger partial charge is 0.303 e. The maximum atomic E-state index is 11.1. The molecule has 0 radical (unpaired) electrons. The Kier molecular flexibility index (Phi) is 9.03. The number of hydrogen-bond acceptors (Lipinski definition) is 2. The zero-order chi connectivity index (χ0) is 17.2. The van der Waals surface area contributed by atoms with E-state index >= 15 is 0 Å². The van der Waals surface area contributed by atoms with Crippen molar-refractivity contribution in [2.24, 2.45) is 11.8 Å². The van der Waals surface area contributed by atoms with Crippen molar-refractivity contribution in [2.45, 2.75) is 44.6 Å². The third kappa shape index (κ3) is 6.67. The standard InChI is InChI=1S/C18H27BO3P2/c19-23-24-22-17-12-11-15(13-18(20)21)16(17)10-6-2-5-9-14-7-3-1-4-8-14/h1,3-4,6-8,10,15-17,23-24H,2,5,9,11-13,19H2,(H,20,21)/b10-6+/t15-,16-,17-/m1/s1. The zero-order valence-electron chi connectivity index (χ0n) is 14.3. The molecule has 0 aromatic heterocycles. The molecule has 1 aliphatic carbocycles. The summed E-state index contributed by atoms with van der Waals surface area (Å²) < 4.78 is 6.00. The Bertz CT molecular complexity index is 524. The minimum Gasteiger partial charge on any atom is -0.481 e. The van der Waals surface area contributed by atoms with Gasteiger partial charge in [0.05, 0.1) is 6.10 Å². The molecule has 0 amide bonds. The van der Waals surface area contributed by atoms with E-state index in [-0.39, 0.29) is 24.4 Å². The molecule has 0 aliphatic heterocycles. The van der Waals surface area contributed by atoms with Crippen LogP contribution in [0.25, 0.3) is 0 Å². The normalized spacial score (nSPS) is 24.8. The Hall–Kier alpha value is -0.685. The van der Waals surface area contributed by atoms with Crippen molar-refractivity contribution in [3.63, 3.8) is 0 Å². The van der Waals surface area contributed by atoms with Crippen LogP contribution < -0.4 is 0 Å². The summed E-state index contributed by atoms with van der Waals surface area (Å²) in [6.07, 6.45) is 10.2. The van der Waals surface area contributed by atoms with Crippen LogP contribution in [0.3, 0.4) is 0 Å². The molecule has 0 bridgehead atoms. The first-order valence-corrected chi connectivity index (χ1v) is 12.1. The van der Waals surface area contributed by atoms with E-state index in [9.17, 15) is 4.79 Å². The Labute approximate surface area is 149 Å². The minimum absolute atomic E-state index is 0.213. The maximum Gasteiger partial charge on any atom is 0.303 e. The molecule has 130 valence electrons. The number of allylic oxidation sites excluding steroid dienone is 1. The predicted molar refractivity (Wildman–Crippen MR) is 107 cm³/mol. The van der Waals surface area contributed by atoms with Gasteiger partial charge in [0.1, 0.15) is 7.57 Å². The van der Waals surface area contributed by atoms with Crippen molar-refractivity contribution in [3.8, 4) is 0 Å². The predicted octanol–water partition coefficient (Wildman–Crippen LogP) is 4.19. The zero-order valence-corrected chi connectivity index (χ0v) is 16.3. The second-order valence-electron chi connectivity index (χ2n) is 6.33. The van der Waals surface area contributed by atoms with Crippen LogP contribution in [0, 0.1) is 11.8 Å². The van der Waals surface area contributed by atoms with Crippen LogP contribution in [-0.2, 0) is 15.7 Å². The maximum absolute atomic E-state index is 11.1. The highest BCUT2D eigenvalue weighted by molar-refractivity contribution is 8.21. The number of hydrogen-bond donors (Lipinski definition) is 1. The van der Waals surface area contributed by atoms with Gasteiger partial charge in [0.2, 0.25) is 0 Å². The Balaban J connectivity index is 1.83. The summed E-state index contributed by atoms with van der Waals surface area (Å²) >= 11 is 0. The summed E-state index contributed by atoms with van der Waals surface area (Å²) in [5.74, 6) is -0.201. The lowest BCUT2D eigenvalue weighted by molar-refractivity contribution is -0.138. The highest BCUT2D eigenvalue weighted by atomic mass is 32.0. The molecule has 0 heterocycles. The van der Waals surface area contributed by atoms with Gasteiger partial charge in [-0.1, -0.05) is 42.5 Å². The van der Waals surface area contributed by atoms with E-state index in [0.717, 1.165) is 40.3 Å². The molecule has 2 unspecified atom stereocenters. The molecule has 1 fully saturated rings. The quantitative estimate of drug-likeness (QED) is 0.293. The molecule has 1 saturated carbocycles. The summed E-state index contributed by atoms with van der Waals surface area (Å²) in [5, 5.41) is 9.13. The monoisotopic (exact) mass is 364 g/mol. The molecule has 0 saturated heterocycles. The molecule has 5 atom stereocenters. The SMILES string of the molecule is BPPO[C@@H]1CC[C@H](CC(=O)O)[C@H]1/C=C/CCCc1ccccc1. The average molecular weight is 364 g/mol. The average Bonchev–Trinajstić information content (AvgIpc) is 2.95. The number of aryl methyl sites for hydroxylation is 1. The lowest BCUT2D eigenvalue weighted by atomic mass is 9.91. The Morgan fingerprint density at radius 2 is 2.12 bits per heavy atom. The van der Waals surface area contributed by atoms with Gasteiger partial charge in [-0.25, -0.2) is 0 Å². The van der Waals surface area contributed by atoms with Crippen LogP contribution in [0.15, 0.2) is 42.5 Å². The third-order valence-electron chi connectivity index (χ3n) is 4.58. The molecule has 24 heavy (non-hydrogen) atoms. The molecular formula is C18H27BO3P2. The van der Waals surface area contributed by atoms with Gasteiger partial charge in [0.15, 0.2) is 0 Å². The van der Waals surface area contributed by atoms with Gasteiger partial charge in [-0.2, -0.15) is 0 Å². The van der Waals surface area contributed by atoms with Crippen molar-refractivity contribution < 1.29 is 14.4 Å². The molecule has 1 aromatic carbocycles. The van der Waals surface area contributed by atoms with E-state index in [4.69, 9.17) is 9.63 Å². The van der Waals surface area contributed by atoms with E-state index in [1.165, 1.54) is 5.56 Å². The third-order valence-corrected chi connectivity index (χ3v) is 6.17. The van der Waals surface area contributed by atoms with Gasteiger partial charge in [-0.15, -0.1) is 8.15 Å². The number of carboxylic acid groups (broad SMARTS) is 1. The first-order valence-electron chi connectivity index (χ1n) is 8.70. The van der Waals surface area contributed by atoms with Gasteiger partial charge in [-0.3, -0.25) is 4.79 Å². The van der Waals surface area contributed by atoms with Crippen molar-refractivity contribution in [2.75, 3.05) is 0 Å². The summed E-state index contributed by atoms with van der Waals surface area (Å²) in [5.41, 5.74) is 1.38. The van der Waals surface area contributed by atoms with Gasteiger partial charge in [0.25, 0.3) is 0 Å². The Morgan fingerprint density at radius 1 is 1.33 bits per heavy atom. The number of aliphatic carboxylic acids is 1. The van der Waals surface area contributed by atoms with Gasteiger partial charge in [0, 0.05) is 20.8 Å². The van der Waals surface area contributed by atoms with E-state index in [1.807, 2.05) is 6.07 Å². The molecule has 1 aromatic rings. The van der Waals surface area contributed by atoms with Gasteiger partial charge >= 0.3 is 5.97 Å². The van der Waals surface area contributed by atoms with Crippen LogP contribution in [0.4, 0.5) is 0 Å². The number of unbranched alkanes of at least 4 members (excludes halogenated alkanes) is 1. The molecule has 3 nitrogen and oxygen atoms in total. The lowest BCUT2D eigenvalue weighted by Gasteiger charge is -2.21. The second kappa shape index (κ2) is 11.0. The topological polar surface area (TPSA) is 46.5 Å². The van der Waals surface area contributed by atoms with Gasteiger partial charge in [-0.05, 0) is 43.6 Å². The van der Waals surface area contributed by atoms with Crippen LogP contribution in [0.1, 0.15) is 37.7 Å². The summed E-state index contributed by atoms with van der Waals surface area (Å²) in [6, 6.07) is 10.5. The number of carbonyl (C=O) groups is 1. The fourth-order valence-corrected chi connectivity index (χ4v) is 4.76. The van der Waals surface area contributed by atoms with E-state index in [0.29, 0.717) is 8.50 Å². The van der Waals surface area contributed by atoms with Crippen molar-refractivity contribution in [1.29, 1.82) is 0 Å². The van der Waals surface area contributed by atoms with Crippen LogP contribution in [0.2, 0.25) is 0 Å². The molecule has 1 aliphatic rings. The lowest BCUT2D eigenvalue weighted by Crippen LogP contribution is -2.20. The van der Waals surface area contributed by atoms with E-state index in [1.54, 1.807) is 0 Å². The fourth-order valence-electron chi connectivity index (χ4n) is 3.40. The van der Waals surface area contributed by atoms with Crippen molar-refractivity contribution >= 4 is 30.2 Å². The first-order chi connectivity index (χ1) is 11.7. The second-order valence-corrected chi connectivity index (χ2v) is 9.38. The summed E-state index contributed by atoms with van der Waals surface area (Å²) in [6.45, 7) is 0. The summed E-state index contributed by atoms with van der Waals surface area (Å²) in [7, 11) is 3.52.